The molecule has 13 aromatic rings. The standard InChI is InChI=1S/C68H52N4O2/c1-67(2,3)44-33-34-69-64(38-44)72-59-27-13-11-23-52(59)53-31-30-47(40-60(53)72)73-46-18-15-17-45(39-46)70-41-71-65-55(25-16-26-58(65)68(4,5)6)50-21-9-7-19-48(50)49-20-8-10-22-51(49)57-36-43(37-61(70)66(57)71)42-29-32-63-56(35-42)54-24-12-14-28-62(54)74-63/h7-40H,1-6H3/i7D,8D,9D,10D,19D,20D,21D,22D. The van der Waals surface area contributed by atoms with Crippen molar-refractivity contribution in [2.45, 2.75) is 52.4 Å². The first kappa shape index (κ1) is 36.0. The van der Waals surface area contributed by atoms with Gasteiger partial charge in [-0.2, -0.15) is 0 Å². The highest BCUT2D eigenvalue weighted by Crippen LogP contribution is 2.47. The Morgan fingerprint density at radius 1 is 0.527 bits per heavy atom. The van der Waals surface area contributed by atoms with Gasteiger partial charge in [-0.25, -0.2) is 4.98 Å². The molecule has 4 aromatic heterocycles. The third-order valence-corrected chi connectivity index (χ3v) is 14.5. The number of hydrogen-bond donors (Lipinski definition) is 0. The Morgan fingerprint density at radius 2 is 1.22 bits per heavy atom. The largest absolute Gasteiger partial charge is 0.458 e. The molecule has 356 valence electrons. The van der Waals surface area contributed by atoms with Crippen LogP contribution in [0.3, 0.4) is 0 Å². The van der Waals surface area contributed by atoms with Gasteiger partial charge < -0.3 is 9.15 Å². The minimum atomic E-state index is -0.564. The average Bonchev–Trinajstić information content (AvgIpc) is 3.28. The van der Waals surface area contributed by atoms with Gasteiger partial charge in [-0.3, -0.25) is 13.7 Å². The lowest BCUT2D eigenvalue weighted by atomic mass is 9.82. The van der Waals surface area contributed by atoms with Gasteiger partial charge in [0.05, 0.1) is 44.4 Å². The molecule has 0 amide bonds. The lowest BCUT2D eigenvalue weighted by molar-refractivity contribution is -0.572. The summed E-state index contributed by atoms with van der Waals surface area (Å²) in [4.78, 5) is 4.89. The molecule has 0 fully saturated rings. The molecule has 0 aliphatic carbocycles. The van der Waals surface area contributed by atoms with Crippen LogP contribution in [0.4, 0.5) is 0 Å². The summed E-state index contributed by atoms with van der Waals surface area (Å²) in [5.41, 5.74) is 9.53. The zero-order chi connectivity index (χ0) is 57.0. The number of hydrogen-bond acceptors (Lipinski definition) is 3. The number of benzene rings is 9. The monoisotopic (exact) mass is 964 g/mol. The molecule has 1 aliphatic heterocycles. The normalized spacial score (nSPS) is 14.0. The Bertz CT molecular complexity index is 4920. The highest BCUT2D eigenvalue weighted by Gasteiger charge is 2.30. The van der Waals surface area contributed by atoms with Crippen molar-refractivity contribution >= 4 is 54.8 Å². The van der Waals surface area contributed by atoms with E-state index in [-0.39, 0.29) is 39.8 Å². The second-order valence-electron chi connectivity index (χ2n) is 21.2. The Labute approximate surface area is 441 Å². The minimum Gasteiger partial charge on any atom is -0.458 e. The molecule has 0 spiro atoms. The van der Waals surface area contributed by atoms with E-state index in [2.05, 4.69) is 94.9 Å². The fraction of sp³-hybridized carbons (Fsp3) is 0.118. The molecule has 6 heteroatoms. The van der Waals surface area contributed by atoms with Crippen molar-refractivity contribution in [3.63, 3.8) is 0 Å². The highest BCUT2D eigenvalue weighted by atomic mass is 16.5. The topological polar surface area (TPSA) is 49.0 Å². The first-order valence-corrected chi connectivity index (χ1v) is 24.9. The van der Waals surface area contributed by atoms with Gasteiger partial charge in [-0.05, 0) is 139 Å². The van der Waals surface area contributed by atoms with Crippen molar-refractivity contribution in [2.24, 2.45) is 0 Å². The number of ether oxygens (including phenoxy) is 1. The maximum atomic E-state index is 9.91. The third kappa shape index (κ3) is 6.93. The van der Waals surface area contributed by atoms with Crippen molar-refractivity contribution in [1.82, 2.24) is 14.1 Å². The van der Waals surface area contributed by atoms with E-state index in [9.17, 15) is 6.85 Å². The summed E-state index contributed by atoms with van der Waals surface area (Å²) in [6.07, 6.45) is 5.63. The van der Waals surface area contributed by atoms with Crippen LogP contribution in [-0.2, 0) is 10.8 Å². The van der Waals surface area contributed by atoms with Crippen LogP contribution < -0.4 is 9.30 Å². The van der Waals surface area contributed by atoms with Crippen LogP contribution >= 0.6 is 0 Å². The Kier molecular flexibility index (Phi) is 7.91. The van der Waals surface area contributed by atoms with Crippen molar-refractivity contribution in [1.29, 1.82) is 0 Å². The van der Waals surface area contributed by atoms with E-state index in [1.54, 1.807) is 0 Å². The third-order valence-electron chi connectivity index (χ3n) is 14.5. The van der Waals surface area contributed by atoms with E-state index < -0.39 is 41.7 Å². The molecular weight excluding hydrogens is 905 g/mol. The molecule has 74 heavy (non-hydrogen) atoms. The summed E-state index contributed by atoms with van der Waals surface area (Å²) in [5.74, 6) is 1.93. The number of imidazole rings is 1. The van der Waals surface area contributed by atoms with Crippen molar-refractivity contribution in [2.75, 3.05) is 0 Å². The van der Waals surface area contributed by atoms with E-state index >= 15 is 0 Å². The van der Waals surface area contributed by atoms with Gasteiger partial charge in [0.2, 0.25) is 0 Å². The van der Waals surface area contributed by atoms with E-state index in [4.69, 9.17) is 18.3 Å². The number of furan rings is 1. The summed E-state index contributed by atoms with van der Waals surface area (Å²) < 4.78 is 94.9. The zero-order valence-corrected chi connectivity index (χ0v) is 41.6. The predicted molar refractivity (Wildman–Crippen MR) is 302 cm³/mol. The van der Waals surface area contributed by atoms with Crippen molar-refractivity contribution < 1.29 is 24.7 Å². The molecule has 0 saturated carbocycles. The van der Waals surface area contributed by atoms with Crippen LogP contribution in [0, 0.1) is 6.33 Å². The quantitative estimate of drug-likeness (QED) is 0.128. The number of para-hydroxylation sites is 3. The number of nitrogens with zero attached hydrogens (tertiary/aromatic N) is 4. The number of pyridine rings is 1. The molecule has 0 atom stereocenters. The molecule has 0 radical (unpaired) electrons. The lowest BCUT2D eigenvalue weighted by Crippen LogP contribution is -2.35. The maximum absolute atomic E-state index is 9.91. The van der Waals surface area contributed by atoms with E-state index in [1.807, 2.05) is 125 Å². The second kappa shape index (κ2) is 16.3. The molecule has 6 nitrogen and oxygen atoms in total. The fourth-order valence-corrected chi connectivity index (χ4v) is 10.9. The Morgan fingerprint density at radius 3 is 2.00 bits per heavy atom. The van der Waals surface area contributed by atoms with Crippen LogP contribution in [0.15, 0.2) is 211 Å². The molecule has 1 aliphatic rings. The number of fused-ring (bicyclic) bond motifs is 13. The summed E-state index contributed by atoms with van der Waals surface area (Å²) >= 11 is 0. The Hall–Kier alpha value is -9.00. The SMILES string of the molecule is [2H]c1c([2H])c([2H])c2c(c1[2H])-c1cccc(C(C)(C)C)c1-[n+]1[c-]n(-c3cccc(Oc4ccc5c6ccccc6n(-c6cc(C(C)(C)C)ccn6)c5c4)c3)c3cc(-c4ccc5oc6ccccc6c5c4)cc(c31)-c1c([2H])c([2H])c([2H])c([2H])c1-2. The van der Waals surface area contributed by atoms with Gasteiger partial charge in [-0.1, -0.05) is 163 Å². The lowest BCUT2D eigenvalue weighted by Gasteiger charge is -2.26. The molecule has 9 aromatic carbocycles. The molecule has 0 unspecified atom stereocenters. The van der Waals surface area contributed by atoms with Gasteiger partial charge in [0.1, 0.15) is 28.5 Å². The van der Waals surface area contributed by atoms with E-state index in [1.165, 1.54) is 0 Å². The molecule has 14 rings (SSSR count). The van der Waals surface area contributed by atoms with Gasteiger partial charge in [0.25, 0.3) is 6.33 Å². The van der Waals surface area contributed by atoms with Crippen LogP contribution in [0.2, 0.25) is 0 Å². The molecule has 5 heterocycles. The van der Waals surface area contributed by atoms with E-state index in [0.29, 0.717) is 56.2 Å². The van der Waals surface area contributed by atoms with Crippen LogP contribution in [0.25, 0.3) is 116 Å². The molecule has 0 saturated heterocycles. The molecule has 0 N–H and O–H groups in total. The Balaban J connectivity index is 1.06. The second-order valence-corrected chi connectivity index (χ2v) is 21.2. The number of aromatic nitrogens is 4. The van der Waals surface area contributed by atoms with Gasteiger partial charge in [0.15, 0.2) is 0 Å². The first-order chi connectivity index (χ1) is 39.3. The average molecular weight is 965 g/mol. The first-order valence-electron chi connectivity index (χ1n) is 28.9. The van der Waals surface area contributed by atoms with E-state index in [0.717, 1.165) is 60.7 Å². The fourth-order valence-electron chi connectivity index (χ4n) is 10.9. The van der Waals surface area contributed by atoms with Gasteiger partial charge >= 0.3 is 0 Å². The summed E-state index contributed by atoms with van der Waals surface area (Å²) in [6, 6.07) is 46.3. The maximum Gasteiger partial charge on any atom is 0.269 e. The predicted octanol–water partition coefficient (Wildman–Crippen LogP) is 17.5. The molecule has 0 bridgehead atoms. The highest BCUT2D eigenvalue weighted by molar-refractivity contribution is 6.10. The number of rotatable bonds is 5. The van der Waals surface area contributed by atoms with Gasteiger partial charge in [0, 0.05) is 33.8 Å². The summed E-state index contributed by atoms with van der Waals surface area (Å²) in [7, 11) is 0. The van der Waals surface area contributed by atoms with Crippen LogP contribution in [0.1, 0.15) is 63.6 Å². The minimum absolute atomic E-state index is 0.0260. The van der Waals surface area contributed by atoms with Crippen LogP contribution in [-0.4, -0.2) is 14.1 Å². The smallest absolute Gasteiger partial charge is 0.269 e. The van der Waals surface area contributed by atoms with Crippen molar-refractivity contribution in [3.8, 4) is 73.2 Å². The summed E-state index contributed by atoms with van der Waals surface area (Å²) in [6.45, 7) is 12.8. The summed E-state index contributed by atoms with van der Waals surface area (Å²) in [5, 5.41) is 3.96. The van der Waals surface area contributed by atoms with Gasteiger partial charge in [-0.15, -0.1) is 0 Å². The zero-order valence-electron chi connectivity index (χ0n) is 49.6. The van der Waals surface area contributed by atoms with Crippen LogP contribution in [0.5, 0.6) is 11.5 Å². The molecular formula is C68H52N4O2. The van der Waals surface area contributed by atoms with Crippen molar-refractivity contribution in [3.05, 3.63) is 224 Å².